The number of aromatic nitrogens is 2. The Morgan fingerprint density at radius 1 is 1.47 bits per heavy atom. The number of rotatable bonds is 4. The van der Waals surface area contributed by atoms with Gasteiger partial charge in [-0.1, -0.05) is 0 Å². The molecule has 100 valence electrons. The lowest BCUT2D eigenvalue weighted by Crippen LogP contribution is -2.12. The Labute approximate surface area is 109 Å². The molecule has 1 aromatic carbocycles. The quantitative estimate of drug-likeness (QED) is 0.680. The normalized spacial score (nSPS) is 12.2. The van der Waals surface area contributed by atoms with Gasteiger partial charge in [0.15, 0.2) is 0 Å². The van der Waals surface area contributed by atoms with Crippen LogP contribution in [0.2, 0.25) is 0 Å². The summed E-state index contributed by atoms with van der Waals surface area (Å²) in [5, 5.41) is 17.9. The molecule has 1 heterocycles. The number of hydrogen-bond donors (Lipinski definition) is 1. The number of benzene rings is 1. The summed E-state index contributed by atoms with van der Waals surface area (Å²) in [6.45, 7) is 1.85. The monoisotopic (exact) mass is 264 g/mol. The zero-order chi connectivity index (χ0) is 14.0. The number of anilines is 1. The molecule has 1 aromatic heterocycles. The molecule has 0 fully saturated rings. The lowest BCUT2D eigenvalue weighted by Gasteiger charge is -2.15. The van der Waals surface area contributed by atoms with Crippen LogP contribution in [0.15, 0.2) is 30.5 Å². The molecule has 7 heteroatoms. The highest BCUT2D eigenvalue weighted by molar-refractivity contribution is 5.62. The van der Waals surface area contributed by atoms with E-state index in [4.69, 9.17) is 0 Å². The Morgan fingerprint density at radius 3 is 2.79 bits per heavy atom. The molecule has 0 spiro atoms. The van der Waals surface area contributed by atoms with E-state index >= 15 is 0 Å². The van der Waals surface area contributed by atoms with Crippen LogP contribution in [0.1, 0.15) is 18.7 Å². The van der Waals surface area contributed by atoms with Crippen molar-refractivity contribution in [2.45, 2.75) is 13.0 Å². The number of nitrogens with zero attached hydrogens (tertiary/aromatic N) is 3. The van der Waals surface area contributed by atoms with Crippen LogP contribution in [0.4, 0.5) is 15.8 Å². The van der Waals surface area contributed by atoms with Crippen molar-refractivity contribution in [3.63, 3.8) is 0 Å². The molecule has 0 amide bonds. The molecule has 2 rings (SSSR count). The number of halogens is 1. The lowest BCUT2D eigenvalue weighted by atomic mass is 10.2. The van der Waals surface area contributed by atoms with Gasteiger partial charge in [-0.25, -0.2) is 4.39 Å². The van der Waals surface area contributed by atoms with Gasteiger partial charge >= 0.3 is 0 Å². The van der Waals surface area contributed by atoms with E-state index in [2.05, 4.69) is 10.4 Å². The summed E-state index contributed by atoms with van der Waals surface area (Å²) in [5.74, 6) is -0.634. The van der Waals surface area contributed by atoms with E-state index < -0.39 is 10.7 Å². The smallest absolute Gasteiger partial charge is 0.295 e. The standard InChI is InChI=1S/C12H13FN4O2/c1-8(11-5-6-14-16(11)2)15-10-4-3-9(13)7-12(10)17(18)19/h3-8,15H,1-2H3. The molecular weight excluding hydrogens is 251 g/mol. The van der Waals surface area contributed by atoms with Crippen LogP contribution in [0.25, 0.3) is 0 Å². The summed E-state index contributed by atoms with van der Waals surface area (Å²) in [7, 11) is 1.78. The fourth-order valence-corrected chi connectivity index (χ4v) is 1.89. The highest BCUT2D eigenvalue weighted by Gasteiger charge is 2.18. The predicted octanol–water partition coefficient (Wildman–Crippen LogP) is 2.64. The molecule has 2 aromatic rings. The third-order valence-corrected chi connectivity index (χ3v) is 2.83. The number of nitro groups is 1. The van der Waals surface area contributed by atoms with Gasteiger partial charge < -0.3 is 5.32 Å². The first kappa shape index (κ1) is 13.0. The maximum absolute atomic E-state index is 13.0. The minimum absolute atomic E-state index is 0.184. The van der Waals surface area contributed by atoms with Gasteiger partial charge in [0.05, 0.1) is 22.7 Å². The Hall–Kier alpha value is -2.44. The summed E-state index contributed by atoms with van der Waals surface area (Å²) in [4.78, 5) is 10.3. The molecule has 0 aliphatic heterocycles. The van der Waals surface area contributed by atoms with Gasteiger partial charge in [0, 0.05) is 13.2 Å². The van der Waals surface area contributed by atoms with Crippen LogP contribution in [0.3, 0.4) is 0 Å². The van der Waals surface area contributed by atoms with Gasteiger partial charge in [-0.3, -0.25) is 14.8 Å². The van der Waals surface area contributed by atoms with Crippen molar-refractivity contribution in [3.05, 3.63) is 52.1 Å². The summed E-state index contributed by atoms with van der Waals surface area (Å²) in [5.41, 5.74) is 0.868. The van der Waals surface area contributed by atoms with Crippen molar-refractivity contribution in [3.8, 4) is 0 Å². The van der Waals surface area contributed by atoms with Gasteiger partial charge in [-0.15, -0.1) is 0 Å². The first-order valence-electron chi connectivity index (χ1n) is 5.67. The molecule has 6 nitrogen and oxygen atoms in total. The van der Waals surface area contributed by atoms with Crippen LogP contribution < -0.4 is 5.32 Å². The summed E-state index contributed by atoms with van der Waals surface area (Å²) in [6, 6.07) is 5.08. The van der Waals surface area contributed by atoms with Crippen LogP contribution in [-0.2, 0) is 7.05 Å². The van der Waals surface area contributed by atoms with Gasteiger partial charge in [-0.05, 0) is 25.1 Å². The maximum Gasteiger partial charge on any atom is 0.295 e. The van der Waals surface area contributed by atoms with Crippen molar-refractivity contribution >= 4 is 11.4 Å². The summed E-state index contributed by atoms with van der Waals surface area (Å²) >= 11 is 0. The van der Waals surface area contributed by atoms with Crippen molar-refractivity contribution in [2.75, 3.05) is 5.32 Å². The van der Waals surface area contributed by atoms with E-state index in [1.807, 2.05) is 13.0 Å². The third-order valence-electron chi connectivity index (χ3n) is 2.83. The largest absolute Gasteiger partial charge is 0.371 e. The molecule has 0 aliphatic rings. The van der Waals surface area contributed by atoms with Crippen molar-refractivity contribution in [1.29, 1.82) is 0 Å². The minimum Gasteiger partial charge on any atom is -0.371 e. The van der Waals surface area contributed by atoms with Crippen molar-refractivity contribution in [1.82, 2.24) is 9.78 Å². The van der Waals surface area contributed by atoms with Crippen LogP contribution in [0.5, 0.6) is 0 Å². The molecule has 1 N–H and O–H groups in total. The maximum atomic E-state index is 13.0. The zero-order valence-electron chi connectivity index (χ0n) is 10.5. The Bertz CT molecular complexity index is 612. The molecule has 0 radical (unpaired) electrons. The molecule has 0 bridgehead atoms. The second-order valence-corrected chi connectivity index (χ2v) is 4.16. The molecule has 0 saturated carbocycles. The zero-order valence-corrected chi connectivity index (χ0v) is 10.5. The highest BCUT2D eigenvalue weighted by atomic mass is 19.1. The molecule has 19 heavy (non-hydrogen) atoms. The number of nitrogens with one attached hydrogen (secondary N) is 1. The number of nitro benzene ring substituents is 1. The van der Waals surface area contributed by atoms with E-state index in [1.54, 1.807) is 17.9 Å². The van der Waals surface area contributed by atoms with Crippen LogP contribution >= 0.6 is 0 Å². The highest BCUT2D eigenvalue weighted by Crippen LogP contribution is 2.28. The SMILES string of the molecule is CC(Nc1ccc(F)cc1[N+](=O)[O-])c1ccnn1C. The lowest BCUT2D eigenvalue weighted by molar-refractivity contribution is -0.384. The molecular formula is C12H13FN4O2. The summed E-state index contributed by atoms with van der Waals surface area (Å²) < 4.78 is 14.7. The fourth-order valence-electron chi connectivity index (χ4n) is 1.89. The second kappa shape index (κ2) is 5.05. The van der Waals surface area contributed by atoms with Crippen LogP contribution in [-0.4, -0.2) is 14.7 Å². The van der Waals surface area contributed by atoms with E-state index in [1.165, 1.54) is 12.1 Å². The van der Waals surface area contributed by atoms with Crippen LogP contribution in [0, 0.1) is 15.9 Å². The predicted molar refractivity (Wildman–Crippen MR) is 68.3 cm³/mol. The minimum atomic E-state index is -0.634. The van der Waals surface area contributed by atoms with Gasteiger partial charge in [0.2, 0.25) is 0 Å². The topological polar surface area (TPSA) is 73.0 Å². The van der Waals surface area contributed by atoms with E-state index in [-0.39, 0.29) is 17.4 Å². The number of hydrogen-bond acceptors (Lipinski definition) is 4. The molecule has 1 atom stereocenters. The van der Waals surface area contributed by atoms with E-state index in [9.17, 15) is 14.5 Å². The Balaban J connectivity index is 2.29. The van der Waals surface area contributed by atoms with E-state index in [0.29, 0.717) is 0 Å². The van der Waals surface area contributed by atoms with Gasteiger partial charge in [0.25, 0.3) is 5.69 Å². The first-order valence-corrected chi connectivity index (χ1v) is 5.67. The van der Waals surface area contributed by atoms with Crippen molar-refractivity contribution < 1.29 is 9.31 Å². The molecule has 0 saturated heterocycles. The Morgan fingerprint density at radius 2 is 2.21 bits per heavy atom. The average Bonchev–Trinajstić information content (AvgIpc) is 2.77. The first-order chi connectivity index (χ1) is 8.99. The fraction of sp³-hybridized carbons (Fsp3) is 0.250. The average molecular weight is 264 g/mol. The molecule has 1 unspecified atom stereocenters. The van der Waals surface area contributed by atoms with Gasteiger partial charge in [0.1, 0.15) is 11.5 Å². The van der Waals surface area contributed by atoms with Crippen molar-refractivity contribution in [2.24, 2.45) is 7.05 Å². The number of aryl methyl sites for hydroxylation is 1. The third kappa shape index (κ3) is 2.70. The van der Waals surface area contributed by atoms with E-state index in [0.717, 1.165) is 11.8 Å². The second-order valence-electron chi connectivity index (χ2n) is 4.16. The Kier molecular flexibility index (Phi) is 3.46. The molecule has 0 aliphatic carbocycles. The van der Waals surface area contributed by atoms with Gasteiger partial charge in [-0.2, -0.15) is 5.10 Å². The summed E-state index contributed by atoms with van der Waals surface area (Å²) in [6.07, 6.45) is 1.65.